The molecule has 0 unspecified atom stereocenters. The van der Waals surface area contributed by atoms with Crippen LogP contribution in [0.2, 0.25) is 0 Å². The molecule has 0 aliphatic rings. The largest absolute Gasteiger partial charge is 0.504 e. The summed E-state index contributed by atoms with van der Waals surface area (Å²) >= 11 is 1.07. The number of nitrogens with zero attached hydrogens (tertiary/aromatic N) is 1. The minimum Gasteiger partial charge on any atom is -0.504 e. The van der Waals surface area contributed by atoms with Gasteiger partial charge in [-0.15, -0.1) is 11.3 Å². The van der Waals surface area contributed by atoms with Gasteiger partial charge in [-0.1, -0.05) is 24.3 Å². The first kappa shape index (κ1) is 20.0. The molecule has 0 aliphatic heterocycles. The van der Waals surface area contributed by atoms with Crippen molar-refractivity contribution in [2.45, 2.75) is 0 Å². The molecule has 0 spiro atoms. The van der Waals surface area contributed by atoms with Crippen molar-refractivity contribution in [2.75, 3.05) is 10.6 Å². The van der Waals surface area contributed by atoms with Gasteiger partial charge < -0.3 is 25.7 Å². The van der Waals surface area contributed by atoms with Gasteiger partial charge in [-0.3, -0.25) is 14.9 Å². The fourth-order valence-electron chi connectivity index (χ4n) is 2.94. The number of nitrogens with one attached hydrogen (secondary N) is 2. The Labute approximate surface area is 178 Å². The molecular weight excluding hydrogens is 422 g/mol. The van der Waals surface area contributed by atoms with Gasteiger partial charge in [0.15, 0.2) is 28.1 Å². The van der Waals surface area contributed by atoms with Crippen LogP contribution < -0.4 is 10.6 Å². The van der Waals surface area contributed by atoms with Crippen molar-refractivity contribution in [3.8, 4) is 23.0 Å². The first-order valence-corrected chi connectivity index (χ1v) is 9.75. The second-order valence-electron chi connectivity index (χ2n) is 6.49. The lowest BCUT2D eigenvalue weighted by atomic mass is 10.0. The molecule has 4 rings (SSSR count). The topological polar surface area (TPSA) is 152 Å². The maximum Gasteiger partial charge on any atom is 0.257 e. The Hall–Kier alpha value is -4.31. The number of benzene rings is 3. The van der Waals surface area contributed by atoms with Crippen LogP contribution in [0.25, 0.3) is 10.8 Å². The molecule has 10 heteroatoms. The smallest absolute Gasteiger partial charge is 0.257 e. The van der Waals surface area contributed by atoms with Gasteiger partial charge in [0.25, 0.3) is 11.8 Å². The van der Waals surface area contributed by atoms with Crippen LogP contribution in [0.1, 0.15) is 20.7 Å². The highest BCUT2D eigenvalue weighted by Crippen LogP contribution is 2.36. The van der Waals surface area contributed by atoms with Gasteiger partial charge in [-0.25, -0.2) is 4.98 Å². The molecule has 0 atom stereocenters. The molecule has 0 fully saturated rings. The second kappa shape index (κ2) is 7.84. The highest BCUT2D eigenvalue weighted by Gasteiger charge is 2.17. The zero-order valence-electron chi connectivity index (χ0n) is 15.7. The first-order valence-electron chi connectivity index (χ1n) is 8.87. The van der Waals surface area contributed by atoms with E-state index in [1.54, 1.807) is 24.3 Å². The third-order valence-corrected chi connectivity index (χ3v) is 5.20. The molecule has 9 nitrogen and oxygen atoms in total. The van der Waals surface area contributed by atoms with E-state index in [0.717, 1.165) is 17.4 Å². The Morgan fingerprint density at radius 1 is 0.806 bits per heavy atom. The molecule has 0 aliphatic carbocycles. The van der Waals surface area contributed by atoms with Crippen molar-refractivity contribution in [3.05, 3.63) is 65.0 Å². The number of rotatable bonds is 4. The SMILES string of the molecule is O=C(Nc1nc(NC(=O)c2cc(O)c(O)c3ccccc23)cs1)c1ccc(O)c(O)c1. The number of phenolic OH excluding ortho intramolecular Hbond substituents is 4. The van der Waals surface area contributed by atoms with Crippen LogP contribution >= 0.6 is 11.3 Å². The Balaban J connectivity index is 1.52. The summed E-state index contributed by atoms with van der Waals surface area (Å²) in [4.78, 5) is 29.1. The van der Waals surface area contributed by atoms with Crippen LogP contribution in [0.3, 0.4) is 0 Å². The van der Waals surface area contributed by atoms with E-state index in [9.17, 15) is 30.0 Å². The van der Waals surface area contributed by atoms with Crippen LogP contribution in [0, 0.1) is 0 Å². The lowest BCUT2D eigenvalue weighted by Gasteiger charge is -2.09. The number of thiazole rings is 1. The quantitative estimate of drug-likeness (QED) is 0.267. The van der Waals surface area contributed by atoms with Crippen LogP contribution in [-0.2, 0) is 0 Å². The third-order valence-electron chi connectivity index (χ3n) is 4.44. The summed E-state index contributed by atoms with van der Waals surface area (Å²) in [5.74, 6) is -2.45. The van der Waals surface area contributed by atoms with Gasteiger partial charge in [0.05, 0.1) is 5.56 Å². The lowest BCUT2D eigenvalue weighted by molar-refractivity contribution is 0.102. The highest BCUT2D eigenvalue weighted by atomic mass is 32.1. The molecule has 4 aromatic rings. The molecule has 0 saturated heterocycles. The van der Waals surface area contributed by atoms with Gasteiger partial charge >= 0.3 is 0 Å². The average molecular weight is 437 g/mol. The molecule has 0 saturated carbocycles. The van der Waals surface area contributed by atoms with Gasteiger partial charge in [0, 0.05) is 16.3 Å². The minimum atomic E-state index is -0.558. The zero-order valence-corrected chi connectivity index (χ0v) is 16.5. The van der Waals surface area contributed by atoms with Gasteiger partial charge in [-0.05, 0) is 29.7 Å². The van der Waals surface area contributed by atoms with Crippen molar-refractivity contribution in [2.24, 2.45) is 0 Å². The van der Waals surface area contributed by atoms with Crippen LogP contribution in [0.5, 0.6) is 23.0 Å². The first-order chi connectivity index (χ1) is 14.8. The standard InChI is InChI=1S/C21H15N3O6S/c25-14-6-5-10(7-15(14)26)19(29)24-21-23-17(9-31-21)22-20(30)13-8-16(27)18(28)12-4-2-1-3-11(12)13/h1-9,25-28H,(H,22,30)(H,23,24,29). The number of aromatic nitrogens is 1. The number of phenols is 4. The summed E-state index contributed by atoms with van der Waals surface area (Å²) in [7, 11) is 0. The summed E-state index contributed by atoms with van der Waals surface area (Å²) < 4.78 is 0. The van der Waals surface area contributed by atoms with Gasteiger partial charge in [-0.2, -0.15) is 0 Å². The van der Waals surface area contributed by atoms with Crippen LogP contribution in [0.4, 0.5) is 10.9 Å². The fourth-order valence-corrected chi connectivity index (χ4v) is 3.58. The van der Waals surface area contributed by atoms with Crippen molar-refractivity contribution < 1.29 is 30.0 Å². The monoisotopic (exact) mass is 437 g/mol. The average Bonchev–Trinajstić information content (AvgIpc) is 3.19. The molecule has 31 heavy (non-hydrogen) atoms. The molecule has 1 aromatic heterocycles. The van der Waals surface area contributed by atoms with Crippen molar-refractivity contribution in [1.82, 2.24) is 4.98 Å². The van der Waals surface area contributed by atoms with E-state index in [2.05, 4.69) is 15.6 Å². The molecule has 2 amide bonds. The van der Waals surface area contributed by atoms with Crippen molar-refractivity contribution in [3.63, 3.8) is 0 Å². The third kappa shape index (κ3) is 3.91. The van der Waals surface area contributed by atoms with E-state index in [4.69, 9.17) is 0 Å². The number of hydrogen-bond donors (Lipinski definition) is 6. The van der Waals surface area contributed by atoms with Gasteiger partial charge in [0.1, 0.15) is 5.82 Å². The normalized spacial score (nSPS) is 10.7. The number of amides is 2. The van der Waals surface area contributed by atoms with E-state index < -0.39 is 23.3 Å². The van der Waals surface area contributed by atoms with E-state index >= 15 is 0 Å². The fraction of sp³-hybridized carbons (Fsp3) is 0. The maximum atomic E-state index is 12.7. The lowest BCUT2D eigenvalue weighted by Crippen LogP contribution is -2.14. The highest BCUT2D eigenvalue weighted by molar-refractivity contribution is 7.14. The molecule has 0 bridgehead atoms. The Morgan fingerprint density at radius 2 is 1.55 bits per heavy atom. The maximum absolute atomic E-state index is 12.7. The van der Waals surface area contributed by atoms with E-state index in [0.29, 0.717) is 10.8 Å². The number of aromatic hydroxyl groups is 4. The van der Waals surface area contributed by atoms with E-state index in [-0.39, 0.29) is 33.6 Å². The van der Waals surface area contributed by atoms with E-state index in [1.165, 1.54) is 23.6 Å². The minimum absolute atomic E-state index is 0.113. The molecular formula is C21H15N3O6S. The zero-order chi connectivity index (χ0) is 22.1. The number of carbonyl (C=O) groups excluding carboxylic acids is 2. The summed E-state index contributed by atoms with van der Waals surface area (Å²) in [6, 6.07) is 11.4. The van der Waals surface area contributed by atoms with Crippen LogP contribution in [-0.4, -0.2) is 37.2 Å². The predicted molar refractivity (Wildman–Crippen MR) is 115 cm³/mol. The van der Waals surface area contributed by atoms with Crippen LogP contribution in [0.15, 0.2) is 53.9 Å². The van der Waals surface area contributed by atoms with Gasteiger partial charge in [0.2, 0.25) is 0 Å². The summed E-state index contributed by atoms with van der Waals surface area (Å²) in [6.45, 7) is 0. The number of hydrogen-bond acceptors (Lipinski definition) is 8. The summed E-state index contributed by atoms with van der Waals surface area (Å²) in [5.41, 5.74) is 0.256. The molecule has 156 valence electrons. The molecule has 3 aromatic carbocycles. The Morgan fingerprint density at radius 3 is 2.29 bits per heavy atom. The Kier molecular flexibility index (Phi) is 5.05. The summed E-state index contributed by atoms with van der Waals surface area (Å²) in [5, 5.41) is 46.4. The van der Waals surface area contributed by atoms with E-state index in [1.807, 2.05) is 0 Å². The molecule has 1 heterocycles. The summed E-state index contributed by atoms with van der Waals surface area (Å²) in [6.07, 6.45) is 0. The van der Waals surface area contributed by atoms with Crippen molar-refractivity contribution in [1.29, 1.82) is 0 Å². The second-order valence-corrected chi connectivity index (χ2v) is 7.35. The molecule has 0 radical (unpaired) electrons. The number of fused-ring (bicyclic) bond motifs is 1. The number of anilines is 2. The predicted octanol–water partition coefficient (Wildman–Crippen LogP) is 3.62. The van der Waals surface area contributed by atoms with Crippen molar-refractivity contribution >= 4 is 44.9 Å². The number of carbonyl (C=O) groups is 2. The Bertz CT molecular complexity index is 1330. The molecule has 6 N–H and O–H groups in total.